The van der Waals surface area contributed by atoms with Crippen LogP contribution in [0.25, 0.3) is 0 Å². The van der Waals surface area contributed by atoms with Crippen LogP contribution in [0.1, 0.15) is 6.92 Å². The summed E-state index contributed by atoms with van der Waals surface area (Å²) in [5.41, 5.74) is 0.579. The molecule has 2 aromatic rings. The molecule has 10 heteroatoms. The number of benzene rings is 2. The van der Waals surface area contributed by atoms with Crippen molar-refractivity contribution in [2.45, 2.75) is 11.8 Å². The first-order chi connectivity index (χ1) is 13.3. The molecule has 0 unspecified atom stereocenters. The Balaban J connectivity index is 1.70. The molecule has 0 saturated carbocycles. The molecule has 0 bridgehead atoms. The average molecular weight is 426 g/mol. The lowest BCUT2D eigenvalue weighted by molar-refractivity contribution is -0.384. The molecule has 0 atom stereocenters. The summed E-state index contributed by atoms with van der Waals surface area (Å²) in [6.07, 6.45) is 0. The molecule has 28 heavy (non-hydrogen) atoms. The Morgan fingerprint density at radius 2 is 1.75 bits per heavy atom. The maximum atomic E-state index is 12.9. The molecule has 0 N–H and O–H groups in total. The molecule has 0 aromatic heterocycles. The van der Waals surface area contributed by atoms with Gasteiger partial charge in [-0.25, -0.2) is 8.42 Å². The standard InChI is InChI=1S/C18H20ClN3O5S/c1-2-27-15-4-6-16(7-5-15)28(25,26)21-11-9-20(10-12-21)18-8-3-14(22(23)24)13-17(18)19/h3-8,13H,2,9-12H2,1H3. The maximum absolute atomic E-state index is 12.9. The number of anilines is 1. The minimum Gasteiger partial charge on any atom is -0.494 e. The first-order valence-corrected chi connectivity index (χ1v) is 10.6. The smallest absolute Gasteiger partial charge is 0.271 e. The first-order valence-electron chi connectivity index (χ1n) is 8.75. The number of ether oxygens (including phenoxy) is 1. The SMILES string of the molecule is CCOc1ccc(S(=O)(=O)N2CCN(c3ccc([N+](=O)[O-])cc3Cl)CC2)cc1. The summed E-state index contributed by atoms with van der Waals surface area (Å²) in [6, 6.07) is 10.7. The van der Waals surface area contributed by atoms with Crippen molar-refractivity contribution >= 4 is 33.0 Å². The van der Waals surface area contributed by atoms with Crippen LogP contribution in [0.4, 0.5) is 11.4 Å². The van der Waals surface area contributed by atoms with Gasteiger partial charge in [-0.05, 0) is 37.3 Å². The number of hydrogen-bond acceptors (Lipinski definition) is 6. The van der Waals surface area contributed by atoms with E-state index >= 15 is 0 Å². The van der Waals surface area contributed by atoms with Crippen LogP contribution in [0.15, 0.2) is 47.4 Å². The zero-order chi connectivity index (χ0) is 20.3. The second kappa shape index (κ2) is 8.34. The zero-order valence-electron chi connectivity index (χ0n) is 15.2. The maximum Gasteiger partial charge on any atom is 0.271 e. The Labute approximate surface area is 168 Å². The van der Waals surface area contributed by atoms with Crippen molar-refractivity contribution in [3.8, 4) is 5.75 Å². The van der Waals surface area contributed by atoms with E-state index in [0.29, 0.717) is 44.2 Å². The third kappa shape index (κ3) is 4.21. The molecular formula is C18H20ClN3O5S. The number of halogens is 1. The predicted molar refractivity (Wildman–Crippen MR) is 107 cm³/mol. The van der Waals surface area contributed by atoms with E-state index in [-0.39, 0.29) is 15.6 Å². The Morgan fingerprint density at radius 1 is 1.11 bits per heavy atom. The predicted octanol–water partition coefficient (Wildman–Crippen LogP) is 3.16. The summed E-state index contributed by atoms with van der Waals surface area (Å²) >= 11 is 6.18. The molecule has 8 nitrogen and oxygen atoms in total. The number of nitrogens with zero attached hydrogens (tertiary/aromatic N) is 3. The van der Waals surface area contributed by atoms with Crippen LogP contribution >= 0.6 is 11.6 Å². The van der Waals surface area contributed by atoms with Crippen LogP contribution in [-0.4, -0.2) is 50.4 Å². The molecule has 0 amide bonds. The van der Waals surface area contributed by atoms with Crippen molar-refractivity contribution in [3.05, 3.63) is 57.6 Å². The van der Waals surface area contributed by atoms with E-state index in [1.165, 1.54) is 16.4 Å². The molecule has 1 saturated heterocycles. The summed E-state index contributed by atoms with van der Waals surface area (Å²) in [5.74, 6) is 0.624. The lowest BCUT2D eigenvalue weighted by atomic mass is 10.2. The molecular weight excluding hydrogens is 406 g/mol. The number of sulfonamides is 1. The third-order valence-corrected chi connectivity index (χ3v) is 6.71. The van der Waals surface area contributed by atoms with E-state index in [0.717, 1.165) is 0 Å². The van der Waals surface area contributed by atoms with Crippen molar-refractivity contribution < 1.29 is 18.1 Å². The van der Waals surface area contributed by atoms with Crippen LogP contribution in [0, 0.1) is 10.1 Å². The summed E-state index contributed by atoms with van der Waals surface area (Å²) in [7, 11) is -3.60. The second-order valence-electron chi connectivity index (χ2n) is 6.19. The molecule has 1 aliphatic heterocycles. The monoisotopic (exact) mass is 425 g/mol. The van der Waals surface area contributed by atoms with Gasteiger partial charge in [-0.15, -0.1) is 0 Å². The van der Waals surface area contributed by atoms with Gasteiger partial charge in [-0.1, -0.05) is 11.6 Å². The highest BCUT2D eigenvalue weighted by Gasteiger charge is 2.29. The van der Waals surface area contributed by atoms with Crippen molar-refractivity contribution in [2.75, 3.05) is 37.7 Å². The highest BCUT2D eigenvalue weighted by molar-refractivity contribution is 7.89. The van der Waals surface area contributed by atoms with Crippen LogP contribution in [0.5, 0.6) is 5.75 Å². The lowest BCUT2D eigenvalue weighted by Crippen LogP contribution is -2.48. The van der Waals surface area contributed by atoms with Gasteiger partial charge < -0.3 is 9.64 Å². The molecule has 1 aliphatic rings. The Bertz CT molecular complexity index is 958. The van der Waals surface area contributed by atoms with E-state index < -0.39 is 14.9 Å². The molecule has 150 valence electrons. The van der Waals surface area contributed by atoms with Crippen LogP contribution < -0.4 is 9.64 Å². The van der Waals surface area contributed by atoms with Gasteiger partial charge in [0.15, 0.2) is 0 Å². The fourth-order valence-electron chi connectivity index (χ4n) is 3.06. The number of rotatable bonds is 6. The molecule has 1 heterocycles. The highest BCUT2D eigenvalue weighted by atomic mass is 35.5. The van der Waals surface area contributed by atoms with Crippen LogP contribution in [-0.2, 0) is 10.0 Å². The van der Waals surface area contributed by atoms with Gasteiger partial charge in [0, 0.05) is 38.3 Å². The second-order valence-corrected chi connectivity index (χ2v) is 8.53. The normalized spacial score (nSPS) is 15.4. The molecule has 3 rings (SSSR count). The summed E-state index contributed by atoms with van der Waals surface area (Å²) in [4.78, 5) is 12.5. The molecule has 1 fully saturated rings. The van der Waals surface area contributed by atoms with Crippen molar-refractivity contribution in [1.29, 1.82) is 0 Å². The number of hydrogen-bond donors (Lipinski definition) is 0. The van der Waals surface area contributed by atoms with E-state index in [9.17, 15) is 18.5 Å². The number of nitro benzene ring substituents is 1. The fourth-order valence-corrected chi connectivity index (χ4v) is 4.78. The van der Waals surface area contributed by atoms with Gasteiger partial charge in [-0.2, -0.15) is 4.31 Å². The average Bonchev–Trinajstić information content (AvgIpc) is 2.68. The fraction of sp³-hybridized carbons (Fsp3) is 0.333. The topological polar surface area (TPSA) is 93.0 Å². The Morgan fingerprint density at radius 3 is 2.29 bits per heavy atom. The summed E-state index contributed by atoms with van der Waals surface area (Å²) < 4.78 is 32.5. The van der Waals surface area contributed by atoms with E-state index in [2.05, 4.69) is 0 Å². The molecule has 2 aromatic carbocycles. The zero-order valence-corrected chi connectivity index (χ0v) is 16.8. The number of nitro groups is 1. The van der Waals surface area contributed by atoms with Gasteiger partial charge in [0.25, 0.3) is 5.69 Å². The van der Waals surface area contributed by atoms with Crippen molar-refractivity contribution in [2.24, 2.45) is 0 Å². The molecule has 0 radical (unpaired) electrons. The van der Waals surface area contributed by atoms with Crippen molar-refractivity contribution in [3.63, 3.8) is 0 Å². The minimum absolute atomic E-state index is 0.0783. The highest BCUT2D eigenvalue weighted by Crippen LogP contribution is 2.31. The van der Waals surface area contributed by atoms with Crippen molar-refractivity contribution in [1.82, 2.24) is 4.31 Å². The quantitative estimate of drug-likeness (QED) is 0.521. The largest absolute Gasteiger partial charge is 0.494 e. The summed E-state index contributed by atoms with van der Waals surface area (Å²) in [6.45, 7) is 3.84. The first kappa shape index (κ1) is 20.4. The summed E-state index contributed by atoms with van der Waals surface area (Å²) in [5, 5.41) is 11.1. The number of piperazine rings is 1. The van der Waals surface area contributed by atoms with Gasteiger partial charge >= 0.3 is 0 Å². The molecule has 0 aliphatic carbocycles. The Kier molecular flexibility index (Phi) is 6.07. The van der Waals surface area contributed by atoms with Crippen LogP contribution in [0.3, 0.4) is 0 Å². The van der Waals surface area contributed by atoms with Gasteiger partial charge in [0.1, 0.15) is 5.75 Å². The third-order valence-electron chi connectivity index (χ3n) is 4.49. The Hall–Kier alpha value is -2.36. The van der Waals surface area contributed by atoms with Gasteiger partial charge in [0.2, 0.25) is 10.0 Å². The van der Waals surface area contributed by atoms with E-state index in [1.807, 2.05) is 11.8 Å². The van der Waals surface area contributed by atoms with Gasteiger partial charge in [0.05, 0.1) is 27.1 Å². The number of non-ortho nitro benzene ring substituents is 1. The molecule has 0 spiro atoms. The van der Waals surface area contributed by atoms with E-state index in [1.54, 1.807) is 30.3 Å². The van der Waals surface area contributed by atoms with Gasteiger partial charge in [-0.3, -0.25) is 10.1 Å². The minimum atomic E-state index is -3.60. The van der Waals surface area contributed by atoms with E-state index in [4.69, 9.17) is 16.3 Å². The lowest BCUT2D eigenvalue weighted by Gasteiger charge is -2.35. The van der Waals surface area contributed by atoms with Crippen LogP contribution in [0.2, 0.25) is 5.02 Å².